The third-order valence-corrected chi connectivity index (χ3v) is 2.18. The maximum Gasteiger partial charge on any atom is 0.245 e. The fourth-order valence-corrected chi connectivity index (χ4v) is 0.814. The first-order chi connectivity index (χ1) is 4.83. The van der Waals surface area contributed by atoms with Gasteiger partial charge in [0.1, 0.15) is 0 Å². The van der Waals surface area contributed by atoms with Gasteiger partial charge in [-0.2, -0.15) is 0 Å². The van der Waals surface area contributed by atoms with Gasteiger partial charge in [-0.05, 0) is 25.2 Å². The molecule has 0 nitrogen and oxygen atoms in total. The van der Waals surface area contributed by atoms with Crippen LogP contribution in [-0.4, -0.2) is 5.92 Å². The third kappa shape index (κ3) is 6.27. The summed E-state index contributed by atoms with van der Waals surface area (Å²) in [6, 6.07) is 0. The van der Waals surface area contributed by atoms with Crippen LogP contribution in [0.4, 0.5) is 8.78 Å². The molecule has 68 valence electrons. The van der Waals surface area contributed by atoms with Gasteiger partial charge in [0.25, 0.3) is 0 Å². The molecule has 0 aliphatic rings. The lowest BCUT2D eigenvalue weighted by Gasteiger charge is -2.17. The summed E-state index contributed by atoms with van der Waals surface area (Å²) in [5, 5.41) is 0. The number of alkyl halides is 2. The summed E-state index contributed by atoms with van der Waals surface area (Å²) in [7, 11) is 0. The van der Waals surface area contributed by atoms with Gasteiger partial charge in [0.05, 0.1) is 0 Å². The highest BCUT2D eigenvalue weighted by molar-refractivity contribution is 4.63. The molecule has 0 saturated carbocycles. The lowest BCUT2D eigenvalue weighted by molar-refractivity contribution is 0.00561. The zero-order valence-electron chi connectivity index (χ0n) is 7.82. The van der Waals surface area contributed by atoms with Crippen LogP contribution in [0.25, 0.3) is 0 Å². The standard InChI is InChI=1S/C9H18F2/c1-7(2)8(3)5-6-9(4,10)11/h7-8H,5-6H2,1-4H3. The highest BCUT2D eigenvalue weighted by Crippen LogP contribution is 2.24. The maximum atomic E-state index is 12.3. The Kier molecular flexibility index (Phi) is 3.98. The van der Waals surface area contributed by atoms with Gasteiger partial charge in [-0.1, -0.05) is 20.8 Å². The number of hydrogen-bond donors (Lipinski definition) is 0. The molecule has 0 spiro atoms. The van der Waals surface area contributed by atoms with E-state index in [1.165, 1.54) is 0 Å². The van der Waals surface area contributed by atoms with E-state index in [-0.39, 0.29) is 6.42 Å². The minimum Gasteiger partial charge on any atom is -0.207 e. The van der Waals surface area contributed by atoms with Crippen LogP contribution in [0.1, 0.15) is 40.5 Å². The fourth-order valence-electron chi connectivity index (χ4n) is 0.814. The molecule has 0 heterocycles. The number of halogens is 2. The molecule has 1 atom stereocenters. The van der Waals surface area contributed by atoms with Gasteiger partial charge >= 0.3 is 0 Å². The van der Waals surface area contributed by atoms with Crippen molar-refractivity contribution in [3.8, 4) is 0 Å². The summed E-state index contributed by atoms with van der Waals surface area (Å²) < 4.78 is 24.7. The quantitative estimate of drug-likeness (QED) is 0.594. The molecular weight excluding hydrogens is 146 g/mol. The molecule has 0 fully saturated rings. The Hall–Kier alpha value is -0.140. The van der Waals surface area contributed by atoms with Gasteiger partial charge in [0.15, 0.2) is 0 Å². The van der Waals surface area contributed by atoms with E-state index in [0.717, 1.165) is 6.92 Å². The molecule has 0 aromatic heterocycles. The highest BCUT2D eigenvalue weighted by atomic mass is 19.3. The molecule has 0 N–H and O–H groups in total. The van der Waals surface area contributed by atoms with Gasteiger partial charge in [-0.25, -0.2) is 8.78 Å². The normalized spacial score (nSPS) is 15.5. The van der Waals surface area contributed by atoms with Crippen LogP contribution < -0.4 is 0 Å². The highest BCUT2D eigenvalue weighted by Gasteiger charge is 2.22. The van der Waals surface area contributed by atoms with Gasteiger partial charge in [0.2, 0.25) is 5.92 Å². The summed E-state index contributed by atoms with van der Waals surface area (Å²) in [5.41, 5.74) is 0. The molecule has 0 aromatic carbocycles. The van der Waals surface area contributed by atoms with E-state index in [0.29, 0.717) is 18.3 Å². The Labute approximate surface area is 68.0 Å². The van der Waals surface area contributed by atoms with E-state index in [1.54, 1.807) is 0 Å². The Morgan fingerprint density at radius 3 is 1.91 bits per heavy atom. The predicted molar refractivity (Wildman–Crippen MR) is 43.9 cm³/mol. The van der Waals surface area contributed by atoms with E-state index >= 15 is 0 Å². The molecule has 0 aromatic rings. The summed E-state index contributed by atoms with van der Waals surface area (Å²) >= 11 is 0. The van der Waals surface area contributed by atoms with Gasteiger partial charge < -0.3 is 0 Å². The van der Waals surface area contributed by atoms with Gasteiger partial charge in [-0.15, -0.1) is 0 Å². The van der Waals surface area contributed by atoms with Crippen LogP contribution in [0, 0.1) is 11.8 Å². The fraction of sp³-hybridized carbons (Fsp3) is 1.00. The summed E-state index contributed by atoms with van der Waals surface area (Å²) in [6.07, 6.45) is 0.646. The van der Waals surface area contributed by atoms with Crippen molar-refractivity contribution in [3.05, 3.63) is 0 Å². The molecule has 0 amide bonds. The minimum atomic E-state index is -2.48. The van der Waals surface area contributed by atoms with Crippen molar-refractivity contribution in [3.63, 3.8) is 0 Å². The molecule has 0 bridgehead atoms. The second kappa shape index (κ2) is 4.03. The average molecular weight is 164 g/mol. The van der Waals surface area contributed by atoms with Crippen molar-refractivity contribution in [1.29, 1.82) is 0 Å². The van der Waals surface area contributed by atoms with Gasteiger partial charge in [0, 0.05) is 6.42 Å². The molecular formula is C9H18F2. The molecule has 0 rings (SSSR count). The van der Waals surface area contributed by atoms with Crippen LogP contribution in [0.5, 0.6) is 0 Å². The number of hydrogen-bond acceptors (Lipinski definition) is 0. The molecule has 0 radical (unpaired) electrons. The molecule has 0 aliphatic heterocycles. The van der Waals surface area contributed by atoms with Crippen molar-refractivity contribution in [1.82, 2.24) is 0 Å². The third-order valence-electron chi connectivity index (χ3n) is 2.18. The summed E-state index contributed by atoms with van der Waals surface area (Å²) in [4.78, 5) is 0. The van der Waals surface area contributed by atoms with E-state index in [1.807, 2.05) is 6.92 Å². The number of rotatable bonds is 4. The lowest BCUT2D eigenvalue weighted by Crippen LogP contribution is -2.13. The average Bonchev–Trinajstić information content (AvgIpc) is 1.80. The Morgan fingerprint density at radius 2 is 1.64 bits per heavy atom. The molecule has 1 unspecified atom stereocenters. The summed E-state index contributed by atoms with van der Waals surface area (Å²) in [5.74, 6) is -1.57. The van der Waals surface area contributed by atoms with Crippen molar-refractivity contribution in [2.24, 2.45) is 11.8 Å². The van der Waals surface area contributed by atoms with Crippen molar-refractivity contribution in [2.45, 2.75) is 46.5 Å². The largest absolute Gasteiger partial charge is 0.245 e. The monoisotopic (exact) mass is 164 g/mol. The minimum absolute atomic E-state index is 0.0202. The van der Waals surface area contributed by atoms with Crippen molar-refractivity contribution in [2.75, 3.05) is 0 Å². The smallest absolute Gasteiger partial charge is 0.207 e. The van der Waals surface area contributed by atoms with Crippen molar-refractivity contribution >= 4 is 0 Å². The van der Waals surface area contributed by atoms with Crippen LogP contribution in [-0.2, 0) is 0 Å². The second-order valence-corrected chi connectivity index (χ2v) is 3.83. The Morgan fingerprint density at radius 1 is 1.18 bits per heavy atom. The first kappa shape index (κ1) is 10.9. The molecule has 11 heavy (non-hydrogen) atoms. The van der Waals surface area contributed by atoms with Crippen LogP contribution in [0.3, 0.4) is 0 Å². The van der Waals surface area contributed by atoms with Crippen molar-refractivity contribution < 1.29 is 8.78 Å². The Bertz CT molecular complexity index is 103. The van der Waals surface area contributed by atoms with Crippen LogP contribution in [0.2, 0.25) is 0 Å². The maximum absolute atomic E-state index is 12.3. The van der Waals surface area contributed by atoms with Gasteiger partial charge in [-0.3, -0.25) is 0 Å². The molecule has 0 aliphatic carbocycles. The van der Waals surface area contributed by atoms with E-state index in [9.17, 15) is 8.78 Å². The topological polar surface area (TPSA) is 0 Å². The van der Waals surface area contributed by atoms with E-state index < -0.39 is 5.92 Å². The molecule has 2 heteroatoms. The zero-order valence-corrected chi connectivity index (χ0v) is 7.82. The van der Waals surface area contributed by atoms with Crippen LogP contribution in [0.15, 0.2) is 0 Å². The van der Waals surface area contributed by atoms with E-state index in [4.69, 9.17) is 0 Å². The first-order valence-electron chi connectivity index (χ1n) is 4.21. The zero-order chi connectivity index (χ0) is 9.07. The predicted octanol–water partition coefficient (Wildman–Crippen LogP) is 3.71. The molecule has 0 saturated heterocycles. The second-order valence-electron chi connectivity index (χ2n) is 3.83. The Balaban J connectivity index is 3.54. The van der Waals surface area contributed by atoms with Crippen LogP contribution >= 0.6 is 0 Å². The summed E-state index contributed by atoms with van der Waals surface area (Å²) in [6.45, 7) is 7.15. The van der Waals surface area contributed by atoms with E-state index in [2.05, 4.69) is 13.8 Å². The lowest BCUT2D eigenvalue weighted by atomic mass is 9.92. The first-order valence-corrected chi connectivity index (χ1v) is 4.21. The SMILES string of the molecule is CC(C)C(C)CCC(C)(F)F.